The van der Waals surface area contributed by atoms with Gasteiger partial charge in [0.25, 0.3) is 0 Å². The first-order valence-corrected chi connectivity index (χ1v) is 5.41. The fraction of sp³-hybridized carbons (Fsp3) is 0.900. The summed E-state index contributed by atoms with van der Waals surface area (Å²) >= 11 is 0. The number of likely N-dealkylation sites (tertiary alicyclic amines) is 1. The third-order valence-corrected chi connectivity index (χ3v) is 2.47. The largest absolute Gasteiger partial charge is 0.415 e. The average Bonchev–Trinajstić information content (AvgIpc) is 2.18. The number of ether oxygens (including phenoxy) is 1. The van der Waals surface area contributed by atoms with Gasteiger partial charge in [0.2, 0.25) is 6.36 Å². The van der Waals surface area contributed by atoms with Crippen LogP contribution in [0, 0.1) is 0 Å². The normalized spacial score (nSPS) is 20.1. The summed E-state index contributed by atoms with van der Waals surface area (Å²) in [6.07, 6.45) is -0.488. The van der Waals surface area contributed by atoms with Crippen LogP contribution in [0.5, 0.6) is 0 Å². The van der Waals surface area contributed by atoms with Crippen LogP contribution in [0.2, 0.25) is 0 Å². The highest BCUT2D eigenvalue weighted by Crippen LogP contribution is 2.13. The number of halogens is 1. The quantitative estimate of drug-likeness (QED) is 0.785. The lowest BCUT2D eigenvalue weighted by Gasteiger charge is -2.29. The second kappa shape index (κ2) is 5.90. The fourth-order valence-electron chi connectivity index (χ4n) is 1.52. The van der Waals surface area contributed by atoms with Crippen LogP contribution in [0.3, 0.4) is 0 Å². The summed E-state index contributed by atoms with van der Waals surface area (Å²) in [6, 6.07) is 0. The summed E-state index contributed by atoms with van der Waals surface area (Å²) < 4.78 is 17.6. The summed E-state index contributed by atoms with van der Waals surface area (Å²) in [6.45, 7) is 2.72. The number of carbonyl (C=O) groups is 1. The van der Waals surface area contributed by atoms with Gasteiger partial charge in [0.05, 0.1) is 6.10 Å². The fourth-order valence-corrected chi connectivity index (χ4v) is 1.52. The number of hydrogen-bond donors (Lipinski definition) is 1. The zero-order valence-electron chi connectivity index (χ0n) is 8.99. The maximum absolute atomic E-state index is 13.0. The molecule has 0 spiro atoms. The van der Waals surface area contributed by atoms with Crippen LogP contribution in [0.4, 0.5) is 9.18 Å². The lowest BCUT2D eigenvalue weighted by molar-refractivity contribution is -0.0191. The van der Waals surface area contributed by atoms with Crippen molar-refractivity contribution >= 4 is 6.09 Å². The van der Waals surface area contributed by atoms with Crippen molar-refractivity contribution < 1.29 is 19.0 Å². The van der Waals surface area contributed by atoms with E-state index in [-0.39, 0.29) is 12.5 Å². The zero-order valence-corrected chi connectivity index (χ0v) is 8.99. The number of hydrogen-bond acceptors (Lipinski definition) is 3. The van der Waals surface area contributed by atoms with E-state index >= 15 is 0 Å². The van der Waals surface area contributed by atoms with E-state index in [1.165, 1.54) is 4.90 Å². The van der Waals surface area contributed by atoms with Crippen molar-refractivity contribution in [3.63, 3.8) is 0 Å². The van der Waals surface area contributed by atoms with Crippen LogP contribution in [-0.2, 0) is 4.74 Å². The molecule has 1 saturated heterocycles. The maximum Gasteiger partial charge on any atom is 0.412 e. The molecule has 1 aliphatic heterocycles. The van der Waals surface area contributed by atoms with Gasteiger partial charge >= 0.3 is 6.09 Å². The van der Waals surface area contributed by atoms with Crippen LogP contribution in [0.25, 0.3) is 0 Å². The molecule has 1 atom stereocenters. The molecule has 1 aliphatic rings. The summed E-state index contributed by atoms with van der Waals surface area (Å²) in [5, 5.41) is 9.22. The molecule has 1 rings (SSSR count). The van der Waals surface area contributed by atoms with Gasteiger partial charge in [0.15, 0.2) is 0 Å². The SMILES string of the molecule is CCCC(F)OC(=O)N1CCC(O)CC1. The first kappa shape index (κ1) is 12.2. The Labute approximate surface area is 89.0 Å². The van der Waals surface area contributed by atoms with E-state index in [1.807, 2.05) is 6.92 Å². The first-order chi connectivity index (χ1) is 7.13. The number of nitrogens with zero attached hydrogens (tertiary/aromatic N) is 1. The zero-order chi connectivity index (χ0) is 11.3. The van der Waals surface area contributed by atoms with Crippen molar-refractivity contribution in [2.45, 2.75) is 45.1 Å². The van der Waals surface area contributed by atoms with Crippen LogP contribution in [0.1, 0.15) is 32.6 Å². The van der Waals surface area contributed by atoms with Crippen molar-refractivity contribution in [3.05, 3.63) is 0 Å². The summed E-state index contributed by atoms with van der Waals surface area (Å²) in [7, 11) is 0. The number of alkyl halides is 1. The second-order valence-electron chi connectivity index (χ2n) is 3.80. The first-order valence-electron chi connectivity index (χ1n) is 5.41. The minimum absolute atomic E-state index is 0.238. The molecular weight excluding hydrogens is 201 g/mol. The number of aliphatic hydroxyl groups excluding tert-OH is 1. The van der Waals surface area contributed by atoms with Gasteiger partial charge in [-0.1, -0.05) is 6.92 Å². The molecule has 0 aromatic rings. The third kappa shape index (κ3) is 4.03. The smallest absolute Gasteiger partial charge is 0.412 e. The predicted octanol–water partition coefficient (Wildman–Crippen LogP) is 1.68. The van der Waals surface area contributed by atoms with Crippen molar-refractivity contribution in [2.24, 2.45) is 0 Å². The van der Waals surface area contributed by atoms with Gasteiger partial charge in [-0.05, 0) is 19.3 Å². The number of amides is 1. The van der Waals surface area contributed by atoms with Crippen molar-refractivity contribution in [1.29, 1.82) is 0 Å². The Morgan fingerprint density at radius 1 is 1.60 bits per heavy atom. The molecule has 0 radical (unpaired) electrons. The van der Waals surface area contributed by atoms with Crippen LogP contribution >= 0.6 is 0 Å². The molecule has 0 aromatic heterocycles. The third-order valence-electron chi connectivity index (χ3n) is 2.47. The minimum Gasteiger partial charge on any atom is -0.415 e. The number of rotatable bonds is 3. The van der Waals surface area contributed by atoms with Crippen LogP contribution in [-0.4, -0.2) is 41.7 Å². The molecular formula is C10H18FNO3. The number of carbonyl (C=O) groups excluding carboxylic acids is 1. The molecule has 15 heavy (non-hydrogen) atoms. The highest BCUT2D eigenvalue weighted by atomic mass is 19.1. The van der Waals surface area contributed by atoms with Gasteiger partial charge in [-0.15, -0.1) is 0 Å². The molecule has 1 amide bonds. The van der Waals surface area contributed by atoms with Gasteiger partial charge in [-0.3, -0.25) is 0 Å². The Bertz CT molecular complexity index is 205. The summed E-state index contributed by atoms with van der Waals surface area (Å²) in [5.41, 5.74) is 0. The van der Waals surface area contributed by atoms with E-state index in [0.717, 1.165) is 0 Å². The molecule has 1 fully saturated rings. The van der Waals surface area contributed by atoms with Gasteiger partial charge in [-0.25, -0.2) is 9.18 Å². The Balaban J connectivity index is 2.27. The second-order valence-corrected chi connectivity index (χ2v) is 3.80. The standard InChI is InChI=1S/C10H18FNO3/c1-2-3-9(11)15-10(14)12-6-4-8(13)5-7-12/h8-9,13H,2-7H2,1H3. The van der Waals surface area contributed by atoms with Gasteiger partial charge in [-0.2, -0.15) is 0 Å². The monoisotopic (exact) mass is 219 g/mol. The van der Waals surface area contributed by atoms with E-state index in [9.17, 15) is 14.3 Å². The molecule has 0 bridgehead atoms. The van der Waals surface area contributed by atoms with E-state index in [0.29, 0.717) is 32.4 Å². The predicted molar refractivity (Wildman–Crippen MR) is 53.1 cm³/mol. The highest BCUT2D eigenvalue weighted by Gasteiger charge is 2.24. The van der Waals surface area contributed by atoms with Gasteiger partial charge in [0, 0.05) is 19.5 Å². The number of aliphatic hydroxyl groups is 1. The van der Waals surface area contributed by atoms with Crippen molar-refractivity contribution in [1.82, 2.24) is 4.90 Å². The summed E-state index contributed by atoms with van der Waals surface area (Å²) in [5.74, 6) is 0. The molecule has 1 unspecified atom stereocenters. The summed E-state index contributed by atoms with van der Waals surface area (Å²) in [4.78, 5) is 12.8. The van der Waals surface area contributed by atoms with Crippen molar-refractivity contribution in [3.8, 4) is 0 Å². The van der Waals surface area contributed by atoms with E-state index in [2.05, 4.69) is 4.74 Å². The Morgan fingerprint density at radius 3 is 2.73 bits per heavy atom. The van der Waals surface area contributed by atoms with Gasteiger partial charge < -0.3 is 14.7 Å². The molecule has 0 aliphatic carbocycles. The van der Waals surface area contributed by atoms with Crippen LogP contribution in [0.15, 0.2) is 0 Å². The lowest BCUT2D eigenvalue weighted by atomic mass is 10.1. The lowest BCUT2D eigenvalue weighted by Crippen LogP contribution is -2.41. The molecule has 4 nitrogen and oxygen atoms in total. The number of piperidine rings is 1. The Morgan fingerprint density at radius 2 is 2.20 bits per heavy atom. The van der Waals surface area contributed by atoms with Crippen molar-refractivity contribution in [2.75, 3.05) is 13.1 Å². The maximum atomic E-state index is 13.0. The molecule has 5 heteroatoms. The van der Waals surface area contributed by atoms with Gasteiger partial charge in [0.1, 0.15) is 0 Å². The van der Waals surface area contributed by atoms with E-state index in [4.69, 9.17) is 0 Å². The molecule has 1 N–H and O–H groups in total. The highest BCUT2D eigenvalue weighted by molar-refractivity contribution is 5.67. The van der Waals surface area contributed by atoms with Crippen LogP contribution < -0.4 is 0 Å². The Kier molecular flexibility index (Phi) is 4.81. The van der Waals surface area contributed by atoms with E-state index < -0.39 is 12.5 Å². The molecule has 1 heterocycles. The molecule has 88 valence electrons. The molecule has 0 saturated carbocycles. The van der Waals surface area contributed by atoms with E-state index in [1.54, 1.807) is 0 Å². The minimum atomic E-state index is -1.51. The molecule has 0 aromatic carbocycles. The Hall–Kier alpha value is -0.840. The topological polar surface area (TPSA) is 49.8 Å². The average molecular weight is 219 g/mol.